The number of carbonyl (C=O) groups is 2. The molecular formula is C24H30N2O8S2. The van der Waals surface area contributed by atoms with E-state index in [2.05, 4.69) is 0 Å². The van der Waals surface area contributed by atoms with E-state index in [9.17, 15) is 26.4 Å². The Hall–Kier alpha value is -3.12. The molecule has 2 heterocycles. The first-order chi connectivity index (χ1) is 16.4. The van der Waals surface area contributed by atoms with Gasteiger partial charge in [-0.3, -0.25) is 0 Å². The van der Waals surface area contributed by atoms with Gasteiger partial charge < -0.3 is 9.47 Å². The molecule has 10 nitrogen and oxygen atoms in total. The standard InChI is InChI=1S/C24H30N2O8S2/c1-23(2,3)33-21(27)25-15-17-10-12-18(13-11-17)16-26(22(28)34-24(4,5)6)36(31,32)20-9-7-8-19(14-20)35(25,29)30/h7-14H,15-16H2,1-6H3. The molecule has 2 amide bonds. The second-order valence-electron chi connectivity index (χ2n) is 10.3. The fraction of sp³-hybridized carbons (Fsp3) is 0.417. The molecule has 0 unspecified atom stereocenters. The van der Waals surface area contributed by atoms with Crippen molar-refractivity contribution in [2.75, 3.05) is 0 Å². The van der Waals surface area contributed by atoms with Crippen LogP contribution in [0.25, 0.3) is 0 Å². The number of hydrogen-bond donors (Lipinski definition) is 0. The van der Waals surface area contributed by atoms with Crippen LogP contribution in [-0.2, 0) is 42.6 Å². The van der Waals surface area contributed by atoms with E-state index in [1.807, 2.05) is 0 Å². The van der Waals surface area contributed by atoms with Crippen LogP contribution in [0.15, 0.2) is 58.3 Å². The third-order valence-corrected chi connectivity index (χ3v) is 8.27. The molecule has 2 aromatic carbocycles. The second-order valence-corrected chi connectivity index (χ2v) is 14.0. The molecule has 2 aliphatic rings. The largest absolute Gasteiger partial charge is 0.443 e. The van der Waals surface area contributed by atoms with Crippen molar-refractivity contribution in [3.05, 3.63) is 59.7 Å². The molecule has 12 heteroatoms. The lowest BCUT2D eigenvalue weighted by Crippen LogP contribution is -2.41. The molecule has 0 aromatic heterocycles. The highest BCUT2D eigenvalue weighted by molar-refractivity contribution is 7.90. The van der Waals surface area contributed by atoms with Crippen LogP contribution in [0.1, 0.15) is 52.7 Å². The van der Waals surface area contributed by atoms with Crippen LogP contribution in [0.4, 0.5) is 9.59 Å². The Kier molecular flexibility index (Phi) is 7.17. The van der Waals surface area contributed by atoms with Crippen LogP contribution < -0.4 is 0 Å². The normalized spacial score (nSPS) is 17.4. The Morgan fingerprint density at radius 2 is 1.00 bits per heavy atom. The van der Waals surface area contributed by atoms with E-state index < -0.39 is 53.2 Å². The molecule has 0 radical (unpaired) electrons. The van der Waals surface area contributed by atoms with Crippen LogP contribution in [0.3, 0.4) is 0 Å². The highest BCUT2D eigenvalue weighted by Crippen LogP contribution is 2.28. The molecule has 0 saturated carbocycles. The van der Waals surface area contributed by atoms with Crippen molar-refractivity contribution in [2.24, 2.45) is 0 Å². The lowest BCUT2D eigenvalue weighted by molar-refractivity contribution is 0.0368. The van der Waals surface area contributed by atoms with Gasteiger partial charge in [0.05, 0.1) is 22.9 Å². The number of amides is 2. The molecule has 0 N–H and O–H groups in total. The lowest BCUT2D eigenvalue weighted by Gasteiger charge is -2.27. The zero-order valence-electron chi connectivity index (χ0n) is 21.0. The fourth-order valence-corrected chi connectivity index (χ4v) is 5.99. The van der Waals surface area contributed by atoms with Crippen molar-refractivity contribution >= 4 is 32.2 Å². The minimum Gasteiger partial charge on any atom is -0.443 e. The van der Waals surface area contributed by atoms with E-state index in [-0.39, 0.29) is 13.1 Å². The number of ether oxygens (including phenoxy) is 2. The first kappa shape index (κ1) is 27.5. The molecule has 36 heavy (non-hydrogen) atoms. The molecule has 0 saturated heterocycles. The minimum absolute atomic E-state index is 0.343. The predicted molar refractivity (Wildman–Crippen MR) is 131 cm³/mol. The predicted octanol–water partition coefficient (Wildman–Crippen LogP) is 4.25. The van der Waals surface area contributed by atoms with Crippen LogP contribution >= 0.6 is 0 Å². The van der Waals surface area contributed by atoms with Gasteiger partial charge in [-0.2, -0.15) is 8.61 Å². The second kappa shape index (κ2) is 9.40. The summed E-state index contributed by atoms with van der Waals surface area (Å²) in [6.07, 6.45) is -2.21. The highest BCUT2D eigenvalue weighted by atomic mass is 32.2. The van der Waals surface area contributed by atoms with Crippen LogP contribution in [0, 0.1) is 0 Å². The van der Waals surface area contributed by atoms with Gasteiger partial charge in [0.25, 0.3) is 20.0 Å². The summed E-state index contributed by atoms with van der Waals surface area (Å²) in [7, 11) is -9.10. The van der Waals surface area contributed by atoms with E-state index in [1.54, 1.807) is 65.8 Å². The number of nitrogens with zero attached hydrogens (tertiary/aromatic N) is 2. The van der Waals surface area contributed by atoms with Crippen LogP contribution in [-0.4, -0.2) is 48.8 Å². The number of carbonyl (C=O) groups excluding carboxylic acids is 2. The Balaban J connectivity index is 2.23. The number of rotatable bonds is 0. The van der Waals surface area contributed by atoms with Crippen molar-refractivity contribution in [2.45, 2.75) is 75.6 Å². The summed E-state index contributed by atoms with van der Waals surface area (Å²) in [6.45, 7) is 8.93. The first-order valence-electron chi connectivity index (χ1n) is 11.1. The zero-order valence-corrected chi connectivity index (χ0v) is 22.6. The summed E-state index contributed by atoms with van der Waals surface area (Å²) < 4.78 is 66.1. The van der Waals surface area contributed by atoms with Gasteiger partial charge in [0, 0.05) is 0 Å². The number of sulfonamides is 2. The molecular weight excluding hydrogens is 508 g/mol. The summed E-state index contributed by atoms with van der Waals surface area (Å²) in [5.41, 5.74) is -1.04. The van der Waals surface area contributed by atoms with E-state index in [4.69, 9.17) is 9.47 Å². The van der Waals surface area contributed by atoms with Gasteiger partial charge in [-0.1, -0.05) is 30.3 Å². The third kappa shape index (κ3) is 6.16. The fourth-order valence-electron chi connectivity index (χ4n) is 3.25. The molecule has 2 aliphatic heterocycles. The molecule has 0 aliphatic carbocycles. The van der Waals surface area contributed by atoms with Crippen molar-refractivity contribution in [1.29, 1.82) is 0 Å². The summed E-state index contributed by atoms with van der Waals surface area (Å²) in [6, 6.07) is 10.7. The van der Waals surface area contributed by atoms with Gasteiger partial charge in [0.15, 0.2) is 0 Å². The van der Waals surface area contributed by atoms with E-state index in [0.29, 0.717) is 19.7 Å². The number of benzene rings is 2. The van der Waals surface area contributed by atoms with Crippen molar-refractivity contribution in [3.63, 3.8) is 0 Å². The maximum Gasteiger partial charge on any atom is 0.424 e. The Morgan fingerprint density at radius 1 is 0.667 bits per heavy atom. The van der Waals surface area contributed by atoms with E-state index in [1.165, 1.54) is 18.2 Å². The monoisotopic (exact) mass is 538 g/mol. The molecule has 0 spiro atoms. The average molecular weight is 539 g/mol. The van der Waals surface area contributed by atoms with Gasteiger partial charge in [0.2, 0.25) is 0 Å². The Morgan fingerprint density at radius 3 is 1.31 bits per heavy atom. The summed E-state index contributed by atoms with van der Waals surface area (Å²) in [5, 5.41) is 0. The first-order valence-corrected chi connectivity index (χ1v) is 14.0. The SMILES string of the molecule is CC(C)(C)OC(=O)N1Cc2ccc(cc2)CN(C(=O)OC(C)(C)C)S(=O)(=O)c2cccc(c2)S1(=O)=O. The maximum atomic E-state index is 13.6. The summed E-state index contributed by atoms with van der Waals surface area (Å²) in [4.78, 5) is 25.0. The number of hydrogen-bond acceptors (Lipinski definition) is 8. The van der Waals surface area contributed by atoms with Gasteiger partial charge >= 0.3 is 12.2 Å². The third-order valence-electron chi connectivity index (χ3n) is 4.85. The molecule has 196 valence electrons. The van der Waals surface area contributed by atoms with Crippen molar-refractivity contribution < 1.29 is 35.9 Å². The molecule has 4 bridgehead atoms. The lowest BCUT2D eigenvalue weighted by atomic mass is 10.1. The maximum absolute atomic E-state index is 13.6. The van der Waals surface area contributed by atoms with Gasteiger partial charge in [-0.05, 0) is 70.9 Å². The molecule has 4 rings (SSSR count). The molecule has 0 fully saturated rings. The smallest absolute Gasteiger partial charge is 0.424 e. The summed E-state index contributed by atoms with van der Waals surface area (Å²) in [5.74, 6) is 0. The van der Waals surface area contributed by atoms with Crippen molar-refractivity contribution in [1.82, 2.24) is 8.61 Å². The zero-order chi connectivity index (χ0) is 27.1. The van der Waals surface area contributed by atoms with Crippen LogP contribution in [0.5, 0.6) is 0 Å². The summed E-state index contributed by atoms with van der Waals surface area (Å²) >= 11 is 0. The quantitative estimate of drug-likeness (QED) is 0.487. The van der Waals surface area contributed by atoms with E-state index >= 15 is 0 Å². The topological polar surface area (TPSA) is 127 Å². The average Bonchev–Trinajstić information content (AvgIpc) is 2.73. The highest BCUT2D eigenvalue weighted by Gasteiger charge is 2.37. The van der Waals surface area contributed by atoms with Gasteiger partial charge in [-0.15, -0.1) is 0 Å². The Bertz CT molecular complexity index is 1270. The van der Waals surface area contributed by atoms with Crippen molar-refractivity contribution in [3.8, 4) is 0 Å². The van der Waals surface area contributed by atoms with Gasteiger partial charge in [-0.25, -0.2) is 26.4 Å². The minimum atomic E-state index is -4.55. The van der Waals surface area contributed by atoms with Crippen LogP contribution in [0.2, 0.25) is 0 Å². The molecule has 2 aromatic rings. The molecule has 0 atom stereocenters. The number of fused-ring (bicyclic) bond motifs is 6. The van der Waals surface area contributed by atoms with E-state index in [0.717, 1.165) is 6.07 Å². The van der Waals surface area contributed by atoms with Gasteiger partial charge in [0.1, 0.15) is 11.2 Å². The Labute approximate surface area is 211 Å².